The van der Waals surface area contributed by atoms with Crippen LogP contribution in [0.4, 0.5) is 0 Å². The Bertz CT molecular complexity index is 2260. The van der Waals surface area contributed by atoms with Gasteiger partial charge in [-0.15, -0.1) is 10.2 Å². The monoisotopic (exact) mass is 654 g/mol. The average Bonchev–Trinajstić information content (AvgIpc) is 3.91. The molecule has 0 spiro atoms. The molecule has 8 nitrogen and oxygen atoms in total. The maximum atomic E-state index is 4.83. The summed E-state index contributed by atoms with van der Waals surface area (Å²) in [6, 6.07) is 48.6. The fraction of sp³-hybridized carbons (Fsp3) is 0.167. The zero-order valence-corrected chi connectivity index (χ0v) is 28.4. The van der Waals surface area contributed by atoms with Gasteiger partial charge in [-0.2, -0.15) is 4.63 Å². The largest absolute Gasteiger partial charge is 0.266 e. The van der Waals surface area contributed by atoms with Crippen molar-refractivity contribution >= 4 is 5.65 Å². The summed E-state index contributed by atoms with van der Waals surface area (Å²) < 4.78 is 6.10. The maximum Gasteiger partial charge on any atom is 0.184 e. The van der Waals surface area contributed by atoms with Crippen LogP contribution in [0.5, 0.6) is 0 Å². The third-order valence-electron chi connectivity index (χ3n) is 9.48. The Labute approximate surface area is 291 Å². The fourth-order valence-corrected chi connectivity index (χ4v) is 6.99. The van der Waals surface area contributed by atoms with Crippen LogP contribution in [0.25, 0.3) is 28.2 Å². The Hall–Kier alpha value is -6.15. The molecule has 3 aromatic heterocycles. The predicted octanol–water partition coefficient (Wildman–Crippen LogP) is 8.43. The van der Waals surface area contributed by atoms with Crippen LogP contribution in [0.1, 0.15) is 60.3 Å². The summed E-state index contributed by atoms with van der Waals surface area (Å²) in [4.78, 5) is 4.83. The van der Waals surface area contributed by atoms with Gasteiger partial charge in [0.1, 0.15) is 5.54 Å². The van der Waals surface area contributed by atoms with E-state index in [0.29, 0.717) is 12.4 Å². The molecule has 5 aromatic carbocycles. The van der Waals surface area contributed by atoms with Crippen LogP contribution in [-0.2, 0) is 18.5 Å². The van der Waals surface area contributed by atoms with Gasteiger partial charge in [0.05, 0.1) is 6.54 Å². The van der Waals surface area contributed by atoms with E-state index >= 15 is 0 Å². The van der Waals surface area contributed by atoms with Crippen LogP contribution in [0.15, 0.2) is 146 Å². The molecular weight excluding hydrogens is 617 g/mol. The van der Waals surface area contributed by atoms with Gasteiger partial charge in [0.25, 0.3) is 0 Å². The molecule has 0 radical (unpaired) electrons. The fourth-order valence-electron chi connectivity index (χ4n) is 6.99. The van der Waals surface area contributed by atoms with E-state index in [1.165, 1.54) is 11.1 Å². The minimum atomic E-state index is -0.837. The molecule has 0 aliphatic carbocycles. The van der Waals surface area contributed by atoms with Gasteiger partial charge in [0, 0.05) is 23.2 Å². The molecular formula is C42H38N8. The van der Waals surface area contributed by atoms with E-state index in [4.69, 9.17) is 20.4 Å². The Morgan fingerprint density at radius 2 is 1.22 bits per heavy atom. The summed E-state index contributed by atoms with van der Waals surface area (Å²) in [5.41, 5.74) is 8.74. The van der Waals surface area contributed by atoms with Gasteiger partial charge in [0.15, 0.2) is 17.3 Å². The highest BCUT2D eigenvalue weighted by molar-refractivity contribution is 5.81. The summed E-state index contributed by atoms with van der Waals surface area (Å²) in [7, 11) is 0. The topological polar surface area (TPSA) is 78.7 Å². The van der Waals surface area contributed by atoms with Crippen LogP contribution >= 0.6 is 0 Å². The second-order valence-corrected chi connectivity index (χ2v) is 12.9. The lowest BCUT2D eigenvalue weighted by atomic mass is 9.77. The molecule has 8 aromatic rings. The number of hydrogen-bond acceptors (Lipinski definition) is 5. The van der Waals surface area contributed by atoms with Gasteiger partial charge in [-0.1, -0.05) is 160 Å². The third-order valence-corrected chi connectivity index (χ3v) is 9.48. The van der Waals surface area contributed by atoms with Crippen LogP contribution in [0, 0.1) is 0 Å². The van der Waals surface area contributed by atoms with Crippen molar-refractivity contribution < 1.29 is 0 Å². The summed E-state index contributed by atoms with van der Waals surface area (Å²) in [6.45, 7) is 7.11. The van der Waals surface area contributed by atoms with Gasteiger partial charge in [-0.3, -0.25) is 4.68 Å². The van der Waals surface area contributed by atoms with Crippen molar-refractivity contribution in [3.8, 4) is 22.5 Å². The SMILES string of the molecule is CCc1cn(Cc2ccc(-c3ccccc3-c3nnnn3C(c3ccccc3)(c3ccccc3)c3ccccc3)cc2)n2nc(C(C)C)nc12. The number of fused-ring (bicyclic) bond motifs is 1. The number of benzene rings is 5. The summed E-state index contributed by atoms with van der Waals surface area (Å²) in [5, 5.41) is 18.7. The lowest BCUT2D eigenvalue weighted by molar-refractivity contribution is 0.451. The molecule has 0 bridgehead atoms. The molecule has 0 aliphatic rings. The lowest BCUT2D eigenvalue weighted by Crippen LogP contribution is -2.39. The molecule has 8 rings (SSSR count). The molecule has 246 valence electrons. The van der Waals surface area contributed by atoms with E-state index in [-0.39, 0.29) is 5.92 Å². The summed E-state index contributed by atoms with van der Waals surface area (Å²) in [5.74, 6) is 1.82. The van der Waals surface area contributed by atoms with Gasteiger partial charge in [-0.05, 0) is 50.2 Å². The highest BCUT2D eigenvalue weighted by Crippen LogP contribution is 2.43. The van der Waals surface area contributed by atoms with Crippen LogP contribution < -0.4 is 0 Å². The van der Waals surface area contributed by atoms with E-state index in [1.54, 1.807) is 0 Å². The van der Waals surface area contributed by atoms with Gasteiger partial charge in [0.2, 0.25) is 0 Å². The summed E-state index contributed by atoms with van der Waals surface area (Å²) >= 11 is 0. The Kier molecular flexibility index (Phi) is 8.12. The number of hydrogen-bond donors (Lipinski definition) is 0. The van der Waals surface area contributed by atoms with Crippen molar-refractivity contribution in [3.63, 3.8) is 0 Å². The van der Waals surface area contributed by atoms with Crippen molar-refractivity contribution in [2.24, 2.45) is 0 Å². The van der Waals surface area contributed by atoms with Crippen LogP contribution in [0.2, 0.25) is 0 Å². The maximum absolute atomic E-state index is 4.83. The number of aromatic nitrogens is 8. The molecule has 0 fully saturated rings. The van der Waals surface area contributed by atoms with E-state index in [9.17, 15) is 0 Å². The number of tetrazole rings is 1. The normalized spacial score (nSPS) is 11.8. The first-order valence-electron chi connectivity index (χ1n) is 17.2. The van der Waals surface area contributed by atoms with Gasteiger partial charge >= 0.3 is 0 Å². The van der Waals surface area contributed by atoms with Crippen molar-refractivity contribution in [2.45, 2.75) is 45.2 Å². The van der Waals surface area contributed by atoms with Crippen molar-refractivity contribution in [2.75, 3.05) is 0 Å². The van der Waals surface area contributed by atoms with E-state index in [0.717, 1.165) is 51.3 Å². The van der Waals surface area contributed by atoms with Crippen LogP contribution in [-0.4, -0.2) is 39.6 Å². The third kappa shape index (κ3) is 5.29. The molecule has 0 aliphatic heterocycles. The van der Waals surface area contributed by atoms with Crippen LogP contribution in [0.3, 0.4) is 0 Å². The molecule has 0 N–H and O–H groups in total. The molecule has 3 heterocycles. The second-order valence-electron chi connectivity index (χ2n) is 12.9. The van der Waals surface area contributed by atoms with Gasteiger partial charge < -0.3 is 0 Å². The highest BCUT2D eigenvalue weighted by atomic mass is 15.6. The smallest absolute Gasteiger partial charge is 0.184 e. The standard InChI is InChI=1S/C42H38N8/c1-4-32-29-48(50-40(32)43-39(45-50)30(2)3)28-31-24-26-33(27-25-31)37-22-14-15-23-38(37)41-44-46-47-49(41)42(34-16-8-5-9-17-34,35-18-10-6-11-19-35)36-20-12-7-13-21-36/h5-27,29-30H,4,28H2,1-3H3. The molecule has 8 heteroatoms. The first kappa shape index (κ1) is 31.1. The molecule has 0 unspecified atom stereocenters. The lowest BCUT2D eigenvalue weighted by Gasteiger charge is -2.36. The van der Waals surface area contributed by atoms with Crippen molar-refractivity contribution in [1.29, 1.82) is 0 Å². The van der Waals surface area contributed by atoms with Crippen molar-refractivity contribution in [3.05, 3.63) is 179 Å². The average molecular weight is 655 g/mol. The molecule has 50 heavy (non-hydrogen) atoms. The van der Waals surface area contributed by atoms with E-state index < -0.39 is 5.54 Å². The summed E-state index contributed by atoms with van der Waals surface area (Å²) in [6.07, 6.45) is 3.07. The second kappa shape index (κ2) is 13.0. The number of rotatable bonds is 10. The van der Waals surface area contributed by atoms with E-state index in [2.05, 4.69) is 152 Å². The quantitative estimate of drug-likeness (QED) is 0.138. The zero-order chi connectivity index (χ0) is 34.1. The number of nitrogens with zero attached hydrogens (tertiary/aromatic N) is 8. The zero-order valence-electron chi connectivity index (χ0n) is 28.4. The Morgan fingerprint density at radius 3 is 1.78 bits per heavy atom. The minimum Gasteiger partial charge on any atom is -0.266 e. The molecule has 0 saturated heterocycles. The first-order chi connectivity index (χ1) is 24.6. The Balaban J connectivity index is 1.23. The van der Waals surface area contributed by atoms with E-state index in [1.807, 2.05) is 33.6 Å². The highest BCUT2D eigenvalue weighted by Gasteiger charge is 2.42. The molecule has 0 amide bonds. The predicted molar refractivity (Wildman–Crippen MR) is 197 cm³/mol. The molecule has 0 atom stereocenters. The first-order valence-corrected chi connectivity index (χ1v) is 17.2. The number of aryl methyl sites for hydroxylation is 1. The minimum absolute atomic E-state index is 0.270. The Morgan fingerprint density at radius 1 is 0.660 bits per heavy atom. The van der Waals surface area contributed by atoms with Crippen molar-refractivity contribution in [1.82, 2.24) is 39.6 Å². The van der Waals surface area contributed by atoms with Gasteiger partial charge in [-0.25, -0.2) is 9.67 Å². The molecule has 0 saturated carbocycles.